The van der Waals surface area contributed by atoms with E-state index in [9.17, 15) is 9.59 Å². The third kappa shape index (κ3) is 4.30. The van der Waals surface area contributed by atoms with E-state index in [-0.39, 0.29) is 18.4 Å². The molecule has 1 fully saturated rings. The van der Waals surface area contributed by atoms with Crippen LogP contribution in [0.1, 0.15) is 27.2 Å². The highest BCUT2D eigenvalue weighted by molar-refractivity contribution is 6.08. The molecule has 2 aliphatic rings. The van der Waals surface area contributed by atoms with Crippen LogP contribution in [0.5, 0.6) is 0 Å². The number of hydrogen-bond acceptors (Lipinski definition) is 6. The molecule has 0 spiro atoms. The van der Waals surface area contributed by atoms with Crippen LogP contribution in [0.4, 0.5) is 5.69 Å². The summed E-state index contributed by atoms with van der Waals surface area (Å²) in [5.41, 5.74) is 4.43. The molecular weight excluding hydrogens is 430 g/mol. The smallest absolute Gasteiger partial charge is 0.255 e. The molecule has 3 aromatic rings. The molecule has 172 valence electrons. The minimum absolute atomic E-state index is 0.0288. The number of anilines is 1. The average Bonchev–Trinajstić information content (AvgIpc) is 2.90. The SMILES string of the molecule is N#Cc1cccc(NCC(=O)N2CCc3nc4ccccc4c(C(=O)N4CCOCC4)c3C2)c1. The van der Waals surface area contributed by atoms with Gasteiger partial charge in [0.15, 0.2) is 0 Å². The molecule has 2 aliphatic heterocycles. The molecule has 1 saturated heterocycles. The van der Waals surface area contributed by atoms with Crippen LogP contribution in [0, 0.1) is 11.3 Å². The summed E-state index contributed by atoms with van der Waals surface area (Å²) in [6, 6.07) is 16.9. The Balaban J connectivity index is 1.41. The van der Waals surface area contributed by atoms with Crippen molar-refractivity contribution in [1.82, 2.24) is 14.8 Å². The van der Waals surface area contributed by atoms with Gasteiger partial charge in [0, 0.05) is 54.9 Å². The lowest BCUT2D eigenvalue weighted by atomic mass is 9.94. The van der Waals surface area contributed by atoms with Gasteiger partial charge in [-0.25, -0.2) is 0 Å². The topological polar surface area (TPSA) is 98.6 Å². The number of carbonyl (C=O) groups is 2. The Morgan fingerprint density at radius 3 is 2.71 bits per heavy atom. The summed E-state index contributed by atoms with van der Waals surface area (Å²) in [6.45, 7) is 3.16. The molecule has 0 aliphatic carbocycles. The first-order chi connectivity index (χ1) is 16.6. The Kier molecular flexibility index (Phi) is 6.11. The lowest BCUT2D eigenvalue weighted by molar-refractivity contribution is -0.130. The van der Waals surface area contributed by atoms with Gasteiger partial charge >= 0.3 is 0 Å². The number of hydrogen-bond donors (Lipinski definition) is 1. The van der Waals surface area contributed by atoms with Crippen molar-refractivity contribution in [3.63, 3.8) is 0 Å². The summed E-state index contributed by atoms with van der Waals surface area (Å²) < 4.78 is 5.43. The highest BCUT2D eigenvalue weighted by Gasteiger charge is 2.30. The fourth-order valence-corrected chi connectivity index (χ4v) is 4.56. The van der Waals surface area contributed by atoms with Gasteiger partial charge in [0.2, 0.25) is 5.91 Å². The van der Waals surface area contributed by atoms with E-state index in [1.54, 1.807) is 23.1 Å². The number of carbonyl (C=O) groups excluding carboxylic acids is 2. The molecular formula is C26H25N5O3. The second-order valence-electron chi connectivity index (χ2n) is 8.45. The third-order valence-corrected chi connectivity index (χ3v) is 6.35. The number of pyridine rings is 1. The van der Waals surface area contributed by atoms with Gasteiger partial charge < -0.3 is 19.9 Å². The van der Waals surface area contributed by atoms with Crippen molar-refractivity contribution < 1.29 is 14.3 Å². The summed E-state index contributed by atoms with van der Waals surface area (Å²) in [6.07, 6.45) is 0.596. The second kappa shape index (κ2) is 9.49. The highest BCUT2D eigenvalue weighted by atomic mass is 16.5. The minimum atomic E-state index is -0.0639. The number of aromatic nitrogens is 1. The Morgan fingerprint density at radius 1 is 1.06 bits per heavy atom. The van der Waals surface area contributed by atoms with Crippen molar-refractivity contribution in [2.75, 3.05) is 44.7 Å². The predicted molar refractivity (Wildman–Crippen MR) is 127 cm³/mol. The van der Waals surface area contributed by atoms with E-state index in [0.717, 1.165) is 27.8 Å². The highest BCUT2D eigenvalue weighted by Crippen LogP contribution is 2.29. The standard InChI is InChI=1S/C26H25N5O3/c27-15-18-4-3-5-19(14-18)28-16-24(32)31-9-8-23-21(17-31)25(20-6-1-2-7-22(20)29-23)26(33)30-10-12-34-13-11-30/h1-7,14,28H,8-13,16-17H2. The summed E-state index contributed by atoms with van der Waals surface area (Å²) >= 11 is 0. The maximum atomic E-state index is 13.6. The van der Waals surface area contributed by atoms with E-state index in [1.165, 1.54) is 0 Å². The number of nitriles is 1. The van der Waals surface area contributed by atoms with Crippen molar-refractivity contribution >= 4 is 28.4 Å². The number of benzene rings is 2. The third-order valence-electron chi connectivity index (χ3n) is 6.35. The van der Waals surface area contributed by atoms with Crippen LogP contribution in [-0.4, -0.2) is 66.0 Å². The van der Waals surface area contributed by atoms with Crippen LogP contribution in [-0.2, 0) is 22.5 Å². The molecule has 0 bridgehead atoms. The summed E-state index contributed by atoms with van der Waals surface area (Å²) in [5.74, 6) is -0.0927. The summed E-state index contributed by atoms with van der Waals surface area (Å²) in [5, 5.41) is 13.0. The molecule has 34 heavy (non-hydrogen) atoms. The molecule has 2 amide bonds. The predicted octanol–water partition coefficient (Wildman–Crippen LogP) is 2.58. The number of amides is 2. The van der Waals surface area contributed by atoms with Gasteiger partial charge in [0.1, 0.15) is 0 Å². The molecule has 0 unspecified atom stereocenters. The fraction of sp³-hybridized carbons (Fsp3) is 0.308. The van der Waals surface area contributed by atoms with E-state index in [0.29, 0.717) is 56.9 Å². The molecule has 8 nitrogen and oxygen atoms in total. The summed E-state index contributed by atoms with van der Waals surface area (Å²) in [4.78, 5) is 35.1. The van der Waals surface area contributed by atoms with Gasteiger partial charge in [-0.1, -0.05) is 24.3 Å². The van der Waals surface area contributed by atoms with Crippen molar-refractivity contribution in [2.24, 2.45) is 0 Å². The molecule has 1 aromatic heterocycles. The average molecular weight is 456 g/mol. The lowest BCUT2D eigenvalue weighted by Crippen LogP contribution is -2.43. The number of fused-ring (bicyclic) bond motifs is 2. The van der Waals surface area contributed by atoms with Gasteiger partial charge in [0.05, 0.1) is 42.5 Å². The molecule has 1 N–H and O–H groups in total. The number of para-hydroxylation sites is 1. The van der Waals surface area contributed by atoms with Crippen molar-refractivity contribution in [3.05, 3.63) is 70.9 Å². The number of ether oxygens (including phenoxy) is 1. The lowest BCUT2D eigenvalue weighted by Gasteiger charge is -2.32. The minimum Gasteiger partial charge on any atom is -0.378 e. The molecule has 0 atom stereocenters. The maximum Gasteiger partial charge on any atom is 0.255 e. The second-order valence-corrected chi connectivity index (χ2v) is 8.45. The zero-order valence-electron chi connectivity index (χ0n) is 18.8. The van der Waals surface area contributed by atoms with Crippen LogP contribution in [0.25, 0.3) is 10.9 Å². The Labute approximate surface area is 197 Å². The van der Waals surface area contributed by atoms with Crippen LogP contribution in [0.3, 0.4) is 0 Å². The Bertz CT molecular complexity index is 1290. The van der Waals surface area contributed by atoms with Gasteiger partial charge in [-0.05, 0) is 24.3 Å². The largest absolute Gasteiger partial charge is 0.378 e. The number of nitrogens with zero attached hydrogens (tertiary/aromatic N) is 4. The van der Waals surface area contributed by atoms with Gasteiger partial charge in [0.25, 0.3) is 5.91 Å². The van der Waals surface area contributed by atoms with E-state index in [4.69, 9.17) is 15.0 Å². The van der Waals surface area contributed by atoms with E-state index in [1.807, 2.05) is 35.2 Å². The first-order valence-electron chi connectivity index (χ1n) is 11.4. The molecule has 2 aromatic carbocycles. The Morgan fingerprint density at radius 2 is 1.88 bits per heavy atom. The molecule has 5 rings (SSSR count). The van der Waals surface area contributed by atoms with Gasteiger partial charge in [-0.15, -0.1) is 0 Å². The van der Waals surface area contributed by atoms with Crippen LogP contribution < -0.4 is 5.32 Å². The first kappa shape index (κ1) is 21.9. The summed E-state index contributed by atoms with van der Waals surface area (Å²) in [7, 11) is 0. The van der Waals surface area contributed by atoms with Crippen LogP contribution in [0.15, 0.2) is 48.5 Å². The number of rotatable bonds is 4. The van der Waals surface area contributed by atoms with Crippen LogP contribution >= 0.6 is 0 Å². The van der Waals surface area contributed by atoms with E-state index in [2.05, 4.69) is 11.4 Å². The van der Waals surface area contributed by atoms with E-state index >= 15 is 0 Å². The zero-order valence-corrected chi connectivity index (χ0v) is 18.8. The molecule has 0 radical (unpaired) electrons. The fourth-order valence-electron chi connectivity index (χ4n) is 4.56. The quantitative estimate of drug-likeness (QED) is 0.649. The Hall–Kier alpha value is -3.96. The molecule has 3 heterocycles. The maximum absolute atomic E-state index is 13.6. The normalized spacial score (nSPS) is 15.5. The monoisotopic (exact) mass is 455 g/mol. The molecule has 0 saturated carbocycles. The number of morpholine rings is 1. The molecule has 8 heteroatoms. The van der Waals surface area contributed by atoms with Crippen molar-refractivity contribution in [3.8, 4) is 6.07 Å². The van der Waals surface area contributed by atoms with Gasteiger partial charge in [-0.2, -0.15) is 5.26 Å². The van der Waals surface area contributed by atoms with Gasteiger partial charge in [-0.3, -0.25) is 14.6 Å². The van der Waals surface area contributed by atoms with Crippen molar-refractivity contribution in [2.45, 2.75) is 13.0 Å². The van der Waals surface area contributed by atoms with Crippen LogP contribution in [0.2, 0.25) is 0 Å². The zero-order chi connectivity index (χ0) is 23.5. The first-order valence-corrected chi connectivity index (χ1v) is 11.4. The van der Waals surface area contributed by atoms with Crippen molar-refractivity contribution in [1.29, 1.82) is 5.26 Å². The van der Waals surface area contributed by atoms with E-state index < -0.39 is 0 Å². The number of nitrogens with one attached hydrogen (secondary N) is 1.